The van der Waals surface area contributed by atoms with E-state index < -0.39 is 0 Å². The van der Waals surface area contributed by atoms with Crippen molar-refractivity contribution in [3.63, 3.8) is 0 Å². The number of carbonyl (C=O) groups is 1. The van der Waals surface area contributed by atoms with Gasteiger partial charge in [0, 0.05) is 37.5 Å². The fraction of sp³-hybridized carbons (Fsp3) is 0.647. The maximum absolute atomic E-state index is 12.4. The molecular weight excluding hydrogens is 264 g/mol. The molecule has 0 saturated carbocycles. The summed E-state index contributed by atoms with van der Waals surface area (Å²) in [7, 11) is 1.64. The van der Waals surface area contributed by atoms with Crippen molar-refractivity contribution in [3.8, 4) is 0 Å². The lowest BCUT2D eigenvalue weighted by Gasteiger charge is -2.28. The Morgan fingerprint density at radius 1 is 1.38 bits per heavy atom. The Hall–Kier alpha value is -1.42. The molecule has 0 unspecified atom stereocenters. The third kappa shape index (κ3) is 4.27. The highest BCUT2D eigenvalue weighted by Crippen LogP contribution is 2.29. The number of methoxy groups -OCH3 is 1. The summed E-state index contributed by atoms with van der Waals surface area (Å²) < 4.78 is 5.04. The Balaban J connectivity index is 2.89. The first kappa shape index (κ1) is 17.6. The van der Waals surface area contributed by atoms with Gasteiger partial charge in [-0.3, -0.25) is 9.78 Å². The molecule has 0 aliphatic heterocycles. The minimum Gasteiger partial charge on any atom is -0.383 e. The van der Waals surface area contributed by atoms with Crippen molar-refractivity contribution in [2.75, 3.05) is 26.8 Å². The summed E-state index contributed by atoms with van der Waals surface area (Å²) in [5.74, 6) is 0.497. The smallest absolute Gasteiger partial charge is 0.255 e. The summed E-state index contributed by atoms with van der Waals surface area (Å²) in [4.78, 5) is 18.7. The molecule has 0 spiro atoms. The van der Waals surface area contributed by atoms with Crippen LogP contribution in [0.1, 0.15) is 50.7 Å². The predicted molar refractivity (Wildman–Crippen MR) is 85.6 cm³/mol. The molecule has 1 amide bonds. The lowest BCUT2D eigenvalue weighted by atomic mass is 9.78. The maximum Gasteiger partial charge on any atom is 0.255 e. The van der Waals surface area contributed by atoms with Crippen LogP contribution in [0.4, 0.5) is 0 Å². The zero-order valence-electron chi connectivity index (χ0n) is 14.1. The number of hydrogen-bond donors (Lipinski definition) is 0. The standard InChI is InChI=1S/C17H28N2O2/c1-7-19(10-11-21-6)16(20)14-8-9-15(18-12-14)17(4,5)13(2)3/h8-9,12-13H,7,10-11H2,1-6H3. The van der Waals surface area contributed by atoms with Gasteiger partial charge in [0.25, 0.3) is 5.91 Å². The van der Waals surface area contributed by atoms with Gasteiger partial charge in [-0.25, -0.2) is 0 Å². The SMILES string of the molecule is CCN(CCOC)C(=O)c1ccc(C(C)(C)C(C)C)nc1. The summed E-state index contributed by atoms with van der Waals surface area (Å²) in [6.07, 6.45) is 1.69. The monoisotopic (exact) mass is 292 g/mol. The molecule has 118 valence electrons. The Labute approximate surface area is 128 Å². The molecule has 4 nitrogen and oxygen atoms in total. The summed E-state index contributed by atoms with van der Waals surface area (Å²) in [6.45, 7) is 12.5. The van der Waals surface area contributed by atoms with Crippen molar-refractivity contribution in [2.45, 2.75) is 40.0 Å². The Morgan fingerprint density at radius 3 is 2.48 bits per heavy atom. The van der Waals surface area contributed by atoms with Crippen LogP contribution in [-0.2, 0) is 10.2 Å². The van der Waals surface area contributed by atoms with Crippen molar-refractivity contribution in [1.82, 2.24) is 9.88 Å². The molecule has 0 atom stereocenters. The first-order valence-electron chi connectivity index (χ1n) is 7.59. The Bertz CT molecular complexity index is 452. The zero-order valence-corrected chi connectivity index (χ0v) is 14.1. The van der Waals surface area contributed by atoms with Crippen LogP contribution >= 0.6 is 0 Å². The Kier molecular flexibility index (Phi) is 6.34. The van der Waals surface area contributed by atoms with E-state index in [4.69, 9.17) is 4.74 Å². The van der Waals surface area contributed by atoms with Crippen molar-refractivity contribution < 1.29 is 9.53 Å². The lowest BCUT2D eigenvalue weighted by molar-refractivity contribution is 0.0706. The first-order valence-corrected chi connectivity index (χ1v) is 7.59. The number of aromatic nitrogens is 1. The van der Waals surface area contributed by atoms with Gasteiger partial charge in [0.15, 0.2) is 0 Å². The Morgan fingerprint density at radius 2 is 2.05 bits per heavy atom. The highest BCUT2D eigenvalue weighted by atomic mass is 16.5. The number of ether oxygens (including phenoxy) is 1. The van der Waals surface area contributed by atoms with Gasteiger partial charge in [0.1, 0.15) is 0 Å². The van der Waals surface area contributed by atoms with Crippen LogP contribution in [0.2, 0.25) is 0 Å². The van der Waals surface area contributed by atoms with Gasteiger partial charge in [0.05, 0.1) is 12.2 Å². The summed E-state index contributed by atoms with van der Waals surface area (Å²) in [5.41, 5.74) is 1.66. The number of hydrogen-bond acceptors (Lipinski definition) is 3. The van der Waals surface area contributed by atoms with Crippen molar-refractivity contribution in [2.24, 2.45) is 5.92 Å². The van der Waals surface area contributed by atoms with Crippen molar-refractivity contribution >= 4 is 5.91 Å². The van der Waals surface area contributed by atoms with Crippen LogP contribution in [0.3, 0.4) is 0 Å². The average molecular weight is 292 g/mol. The second-order valence-electron chi connectivity index (χ2n) is 6.19. The number of pyridine rings is 1. The van der Waals surface area contributed by atoms with Gasteiger partial charge in [0.2, 0.25) is 0 Å². The van der Waals surface area contributed by atoms with E-state index in [0.717, 1.165) is 5.69 Å². The summed E-state index contributed by atoms with van der Waals surface area (Å²) >= 11 is 0. The largest absolute Gasteiger partial charge is 0.383 e. The van der Waals surface area contributed by atoms with E-state index in [-0.39, 0.29) is 11.3 Å². The zero-order chi connectivity index (χ0) is 16.0. The van der Waals surface area contributed by atoms with Gasteiger partial charge in [-0.1, -0.05) is 27.7 Å². The van der Waals surface area contributed by atoms with Crippen LogP contribution in [0.5, 0.6) is 0 Å². The molecule has 0 aliphatic carbocycles. The second kappa shape index (κ2) is 7.55. The lowest BCUT2D eigenvalue weighted by Crippen LogP contribution is -2.34. The molecule has 1 aromatic heterocycles. The minimum absolute atomic E-state index is 0.00206. The van der Waals surface area contributed by atoms with Crippen LogP contribution in [0.15, 0.2) is 18.3 Å². The van der Waals surface area contributed by atoms with Crippen molar-refractivity contribution in [1.29, 1.82) is 0 Å². The second-order valence-corrected chi connectivity index (χ2v) is 6.19. The molecule has 0 fully saturated rings. The van der Waals surface area contributed by atoms with Crippen LogP contribution in [0.25, 0.3) is 0 Å². The fourth-order valence-electron chi connectivity index (χ4n) is 1.98. The maximum atomic E-state index is 12.4. The molecule has 0 bridgehead atoms. The molecule has 1 heterocycles. The average Bonchev–Trinajstić information content (AvgIpc) is 2.47. The predicted octanol–water partition coefficient (Wildman–Crippen LogP) is 3.12. The molecule has 1 rings (SSSR count). The number of carbonyl (C=O) groups excluding carboxylic acids is 1. The molecule has 0 aromatic carbocycles. The van der Waals surface area contributed by atoms with E-state index in [2.05, 4.69) is 32.7 Å². The first-order chi connectivity index (χ1) is 9.84. The third-order valence-electron chi connectivity index (χ3n) is 4.35. The van der Waals surface area contributed by atoms with E-state index in [1.165, 1.54) is 0 Å². The van der Waals surface area contributed by atoms with E-state index in [9.17, 15) is 4.79 Å². The third-order valence-corrected chi connectivity index (χ3v) is 4.35. The summed E-state index contributed by atoms with van der Waals surface area (Å²) in [6, 6.07) is 3.85. The van der Waals surface area contributed by atoms with Gasteiger partial charge in [-0.15, -0.1) is 0 Å². The van der Waals surface area contributed by atoms with Gasteiger partial charge >= 0.3 is 0 Å². The molecule has 1 aromatic rings. The topological polar surface area (TPSA) is 42.4 Å². The quantitative estimate of drug-likeness (QED) is 0.775. The van der Waals surface area contributed by atoms with Crippen LogP contribution in [0, 0.1) is 5.92 Å². The normalized spacial score (nSPS) is 11.8. The number of nitrogens with zero attached hydrogens (tertiary/aromatic N) is 2. The van der Waals surface area contributed by atoms with E-state index in [1.54, 1.807) is 18.2 Å². The molecule has 4 heteroatoms. The van der Waals surface area contributed by atoms with E-state index in [0.29, 0.717) is 31.2 Å². The van der Waals surface area contributed by atoms with Crippen LogP contribution < -0.4 is 0 Å². The molecule has 0 aliphatic rings. The molecule has 0 radical (unpaired) electrons. The molecule has 0 saturated heterocycles. The molecule has 21 heavy (non-hydrogen) atoms. The van der Waals surface area contributed by atoms with Gasteiger partial charge < -0.3 is 9.64 Å². The minimum atomic E-state index is 0.00206. The number of rotatable bonds is 7. The van der Waals surface area contributed by atoms with E-state index >= 15 is 0 Å². The number of likely N-dealkylation sites (N-methyl/N-ethyl adjacent to an activating group) is 1. The van der Waals surface area contributed by atoms with Crippen molar-refractivity contribution in [3.05, 3.63) is 29.6 Å². The molecular formula is C17H28N2O2. The highest BCUT2D eigenvalue weighted by Gasteiger charge is 2.26. The van der Waals surface area contributed by atoms with Gasteiger partial charge in [-0.05, 0) is 25.0 Å². The van der Waals surface area contributed by atoms with Crippen LogP contribution in [-0.4, -0.2) is 42.6 Å². The highest BCUT2D eigenvalue weighted by molar-refractivity contribution is 5.93. The van der Waals surface area contributed by atoms with E-state index in [1.807, 2.05) is 19.1 Å². The fourth-order valence-corrected chi connectivity index (χ4v) is 1.98. The van der Waals surface area contributed by atoms with Gasteiger partial charge in [-0.2, -0.15) is 0 Å². The number of amides is 1. The molecule has 0 N–H and O–H groups in total. The summed E-state index contributed by atoms with van der Waals surface area (Å²) in [5, 5.41) is 0.